The van der Waals surface area contributed by atoms with E-state index in [1.807, 2.05) is 0 Å². The van der Waals surface area contributed by atoms with E-state index in [0.29, 0.717) is 17.3 Å². The number of hydrogen-bond donors (Lipinski definition) is 2. The van der Waals surface area contributed by atoms with Crippen molar-refractivity contribution in [2.45, 2.75) is 38.5 Å². The van der Waals surface area contributed by atoms with Gasteiger partial charge in [0.25, 0.3) is 0 Å². The summed E-state index contributed by atoms with van der Waals surface area (Å²) in [4.78, 5) is 16.9. The Morgan fingerprint density at radius 1 is 1.21 bits per heavy atom. The number of carbonyl (C=O) groups excluding carboxylic acids is 1. The fraction of sp³-hybridized carbons (Fsp3) is 0.571. The van der Waals surface area contributed by atoms with Crippen molar-refractivity contribution in [1.29, 1.82) is 0 Å². The lowest BCUT2D eigenvalue weighted by molar-refractivity contribution is -0.125. The zero-order valence-electron chi connectivity index (χ0n) is 10.8. The van der Waals surface area contributed by atoms with Gasteiger partial charge < -0.3 is 10.6 Å². The third kappa shape index (κ3) is 2.41. The second-order valence-corrected chi connectivity index (χ2v) is 5.99. The van der Waals surface area contributed by atoms with Gasteiger partial charge in [0.15, 0.2) is 0 Å². The Hall–Kier alpha value is -1.29. The van der Waals surface area contributed by atoms with Crippen LogP contribution in [0.15, 0.2) is 12.3 Å². The summed E-state index contributed by atoms with van der Waals surface area (Å²) in [6, 6.07) is 1.75. The molecule has 2 aliphatic rings. The van der Waals surface area contributed by atoms with Gasteiger partial charge in [-0.15, -0.1) is 0 Å². The molecule has 0 radical (unpaired) electrons. The van der Waals surface area contributed by atoms with E-state index in [4.69, 9.17) is 11.6 Å². The number of hydrogen-bond acceptors (Lipinski definition) is 3. The van der Waals surface area contributed by atoms with Gasteiger partial charge in [0.1, 0.15) is 5.82 Å². The Kier molecular flexibility index (Phi) is 3.35. The molecule has 1 aliphatic heterocycles. The number of pyridine rings is 1. The van der Waals surface area contributed by atoms with Gasteiger partial charge in [0.2, 0.25) is 5.91 Å². The molecule has 0 atom stereocenters. The summed E-state index contributed by atoms with van der Waals surface area (Å²) >= 11 is 5.94. The second kappa shape index (κ2) is 5.00. The van der Waals surface area contributed by atoms with Crippen LogP contribution in [0.3, 0.4) is 0 Å². The lowest BCUT2D eigenvalue weighted by Crippen LogP contribution is -2.39. The minimum atomic E-state index is -0.288. The van der Waals surface area contributed by atoms with Crippen LogP contribution in [0.5, 0.6) is 0 Å². The molecule has 2 heterocycles. The molecule has 102 valence electrons. The molecule has 1 saturated carbocycles. The van der Waals surface area contributed by atoms with Gasteiger partial charge >= 0.3 is 0 Å². The maximum atomic E-state index is 12.6. The first-order chi connectivity index (χ1) is 9.20. The fourth-order valence-corrected chi connectivity index (χ4v) is 3.23. The van der Waals surface area contributed by atoms with Gasteiger partial charge in [-0.3, -0.25) is 4.79 Å². The first-order valence-electron chi connectivity index (χ1n) is 6.91. The maximum Gasteiger partial charge on any atom is 0.232 e. The third-order valence-corrected chi connectivity index (χ3v) is 4.45. The van der Waals surface area contributed by atoms with Gasteiger partial charge in [0, 0.05) is 12.7 Å². The highest BCUT2D eigenvalue weighted by Crippen LogP contribution is 2.39. The molecule has 0 unspecified atom stereocenters. The van der Waals surface area contributed by atoms with Crippen LogP contribution in [-0.4, -0.2) is 17.4 Å². The molecule has 1 spiro atoms. The molecule has 1 aromatic rings. The average Bonchev–Trinajstić information content (AvgIpc) is 2.70. The van der Waals surface area contributed by atoms with Crippen molar-refractivity contribution in [3.63, 3.8) is 0 Å². The number of halogens is 1. The third-order valence-electron chi connectivity index (χ3n) is 4.24. The Labute approximate surface area is 117 Å². The summed E-state index contributed by atoms with van der Waals surface area (Å²) in [5, 5.41) is 6.86. The van der Waals surface area contributed by atoms with E-state index in [-0.39, 0.29) is 11.3 Å². The topological polar surface area (TPSA) is 54.0 Å². The molecular formula is C14H18ClN3O. The Bertz CT molecular complexity index is 495. The van der Waals surface area contributed by atoms with E-state index in [1.165, 1.54) is 12.8 Å². The molecule has 1 aromatic heterocycles. The van der Waals surface area contributed by atoms with Crippen LogP contribution < -0.4 is 10.6 Å². The van der Waals surface area contributed by atoms with Crippen LogP contribution >= 0.6 is 11.6 Å². The molecule has 3 rings (SSSR count). The second-order valence-electron chi connectivity index (χ2n) is 5.55. The van der Waals surface area contributed by atoms with Crippen molar-refractivity contribution >= 4 is 29.0 Å². The van der Waals surface area contributed by atoms with Crippen LogP contribution in [-0.2, 0) is 4.79 Å². The number of nitrogens with one attached hydrogen (secondary N) is 2. The van der Waals surface area contributed by atoms with Crippen LogP contribution in [0.2, 0.25) is 5.02 Å². The predicted octanol–water partition coefficient (Wildman–Crippen LogP) is 3.44. The van der Waals surface area contributed by atoms with Gasteiger partial charge in [-0.2, -0.15) is 0 Å². The zero-order chi connectivity index (χ0) is 13.3. The molecule has 0 aromatic carbocycles. The zero-order valence-corrected chi connectivity index (χ0v) is 11.6. The quantitative estimate of drug-likeness (QED) is 0.765. The van der Waals surface area contributed by atoms with Crippen molar-refractivity contribution in [2.24, 2.45) is 5.41 Å². The van der Waals surface area contributed by atoms with Crippen LogP contribution in [0, 0.1) is 5.41 Å². The number of anilines is 2. The van der Waals surface area contributed by atoms with Crippen LogP contribution in [0.25, 0.3) is 0 Å². The summed E-state index contributed by atoms with van der Waals surface area (Å²) in [6.07, 6.45) is 8.21. The number of fused-ring (bicyclic) bond motifs is 1. The summed E-state index contributed by atoms with van der Waals surface area (Å²) < 4.78 is 0. The molecule has 19 heavy (non-hydrogen) atoms. The Balaban J connectivity index is 1.91. The summed E-state index contributed by atoms with van der Waals surface area (Å²) in [5.74, 6) is 0.837. The number of aromatic nitrogens is 1. The van der Waals surface area contributed by atoms with Gasteiger partial charge in [-0.1, -0.05) is 37.3 Å². The van der Waals surface area contributed by atoms with E-state index in [2.05, 4.69) is 15.6 Å². The minimum Gasteiger partial charge on any atom is -0.367 e. The molecular weight excluding hydrogens is 262 g/mol. The molecule has 1 fully saturated rings. The van der Waals surface area contributed by atoms with E-state index in [1.54, 1.807) is 12.3 Å². The summed E-state index contributed by atoms with van der Waals surface area (Å²) in [6.45, 7) is 0.667. The number of carbonyl (C=O) groups is 1. The maximum absolute atomic E-state index is 12.6. The molecule has 5 heteroatoms. The molecule has 2 N–H and O–H groups in total. The molecule has 1 aliphatic carbocycles. The standard InChI is InChI=1S/C14H18ClN3O/c15-10-7-11-12(16-8-10)17-9-14(13(19)18-11)5-3-1-2-4-6-14/h7-8H,1-6,9H2,(H,16,17)(H,18,19). The Morgan fingerprint density at radius 3 is 2.68 bits per heavy atom. The van der Waals surface area contributed by atoms with E-state index in [0.717, 1.165) is 31.5 Å². The first-order valence-corrected chi connectivity index (χ1v) is 7.28. The highest BCUT2D eigenvalue weighted by atomic mass is 35.5. The largest absolute Gasteiger partial charge is 0.367 e. The fourth-order valence-electron chi connectivity index (χ4n) is 3.07. The van der Waals surface area contributed by atoms with Crippen molar-refractivity contribution in [1.82, 2.24) is 4.98 Å². The van der Waals surface area contributed by atoms with E-state index in [9.17, 15) is 4.79 Å². The number of rotatable bonds is 0. The lowest BCUT2D eigenvalue weighted by atomic mass is 9.79. The summed E-state index contributed by atoms with van der Waals surface area (Å²) in [7, 11) is 0. The molecule has 1 amide bonds. The lowest BCUT2D eigenvalue weighted by Gasteiger charge is -2.29. The number of nitrogens with zero attached hydrogens (tertiary/aromatic N) is 1. The predicted molar refractivity (Wildman–Crippen MR) is 76.5 cm³/mol. The minimum absolute atomic E-state index is 0.115. The van der Waals surface area contributed by atoms with Crippen molar-refractivity contribution in [2.75, 3.05) is 17.2 Å². The van der Waals surface area contributed by atoms with Crippen molar-refractivity contribution in [3.05, 3.63) is 17.3 Å². The Morgan fingerprint density at radius 2 is 1.95 bits per heavy atom. The highest BCUT2D eigenvalue weighted by molar-refractivity contribution is 6.31. The van der Waals surface area contributed by atoms with Crippen LogP contribution in [0.1, 0.15) is 38.5 Å². The SMILES string of the molecule is O=C1Nc2cc(Cl)cnc2NCC12CCCCCC2. The van der Waals surface area contributed by atoms with Crippen molar-refractivity contribution in [3.8, 4) is 0 Å². The van der Waals surface area contributed by atoms with Gasteiger partial charge in [0.05, 0.1) is 16.1 Å². The van der Waals surface area contributed by atoms with Crippen molar-refractivity contribution < 1.29 is 4.79 Å². The van der Waals surface area contributed by atoms with Gasteiger partial charge in [-0.25, -0.2) is 4.98 Å². The molecule has 0 saturated heterocycles. The number of amides is 1. The van der Waals surface area contributed by atoms with E-state index < -0.39 is 0 Å². The molecule has 4 nitrogen and oxygen atoms in total. The normalized spacial score (nSPS) is 21.8. The smallest absolute Gasteiger partial charge is 0.232 e. The summed E-state index contributed by atoms with van der Waals surface area (Å²) in [5.41, 5.74) is 0.405. The molecule has 0 bridgehead atoms. The monoisotopic (exact) mass is 279 g/mol. The van der Waals surface area contributed by atoms with Gasteiger partial charge in [-0.05, 0) is 18.9 Å². The van der Waals surface area contributed by atoms with Crippen LogP contribution in [0.4, 0.5) is 11.5 Å². The first kappa shape index (κ1) is 12.7. The highest BCUT2D eigenvalue weighted by Gasteiger charge is 2.40. The average molecular weight is 280 g/mol. The van der Waals surface area contributed by atoms with E-state index >= 15 is 0 Å².